The molecule has 124 valence electrons. The fourth-order valence-corrected chi connectivity index (χ4v) is 3.05. The number of imidazole rings is 2. The first kappa shape index (κ1) is 14.0. The molecule has 0 atom stereocenters. The third kappa shape index (κ3) is 2.09. The molecule has 0 aromatic carbocycles. The van der Waals surface area contributed by atoms with Gasteiger partial charge in [0.1, 0.15) is 23.3 Å². The van der Waals surface area contributed by atoms with E-state index >= 15 is 0 Å². The van der Waals surface area contributed by atoms with Crippen LogP contribution in [-0.4, -0.2) is 28.5 Å². The first-order chi connectivity index (χ1) is 12.2. The Bertz CT molecular complexity index is 1190. The molecule has 0 aliphatic heterocycles. The molecule has 25 heavy (non-hydrogen) atoms. The van der Waals surface area contributed by atoms with Gasteiger partial charge in [0, 0.05) is 42.6 Å². The molecule has 0 saturated carbocycles. The summed E-state index contributed by atoms with van der Waals surface area (Å²) in [5, 5.41) is 4.67. The molecule has 0 saturated heterocycles. The Kier molecular flexibility index (Phi) is 2.85. The van der Waals surface area contributed by atoms with Gasteiger partial charge in [-0.3, -0.25) is 9.08 Å². The third-order valence-electron chi connectivity index (χ3n) is 4.30. The second-order valence-corrected chi connectivity index (χ2v) is 6.25. The molecule has 7 heteroatoms. The van der Waals surface area contributed by atoms with Gasteiger partial charge in [0.25, 0.3) is 0 Å². The van der Waals surface area contributed by atoms with Crippen molar-refractivity contribution in [1.82, 2.24) is 28.5 Å². The Morgan fingerprint density at radius 2 is 2.00 bits per heavy atom. The predicted molar refractivity (Wildman–Crippen MR) is 93.3 cm³/mol. The molecule has 7 nitrogen and oxygen atoms in total. The van der Waals surface area contributed by atoms with Crippen LogP contribution in [0.4, 0.5) is 0 Å². The summed E-state index contributed by atoms with van der Waals surface area (Å²) in [6.07, 6.45) is 11.2. The Balaban J connectivity index is 1.76. The lowest BCUT2D eigenvalue weighted by molar-refractivity contribution is 0.534. The van der Waals surface area contributed by atoms with Crippen LogP contribution in [0, 0.1) is 0 Å². The topological polar surface area (TPSA) is 65.6 Å². The predicted octanol–water partition coefficient (Wildman–Crippen LogP) is 3.69. The molecule has 0 bridgehead atoms. The highest BCUT2D eigenvalue weighted by Crippen LogP contribution is 2.32. The molecule has 0 spiro atoms. The average Bonchev–Trinajstić information content (AvgIpc) is 3.35. The summed E-state index contributed by atoms with van der Waals surface area (Å²) in [5.41, 5.74) is 4.51. The number of aromatic nitrogens is 6. The van der Waals surface area contributed by atoms with Crippen LogP contribution in [-0.2, 0) is 0 Å². The summed E-state index contributed by atoms with van der Waals surface area (Å²) >= 11 is 0. The van der Waals surface area contributed by atoms with Crippen molar-refractivity contribution in [2.45, 2.75) is 19.9 Å². The minimum absolute atomic E-state index is 0.296. The number of nitrogens with zero attached hydrogens (tertiary/aromatic N) is 6. The van der Waals surface area contributed by atoms with Crippen LogP contribution >= 0.6 is 0 Å². The van der Waals surface area contributed by atoms with Crippen molar-refractivity contribution in [3.05, 3.63) is 55.4 Å². The second-order valence-electron chi connectivity index (χ2n) is 6.25. The molecule has 5 aromatic heterocycles. The SMILES string of the molecule is CC(C)n1ccc(-c2nc3occn3c2-c2ccc3nccn3c2)n1. The molecule has 0 radical (unpaired) electrons. The number of rotatable bonds is 3. The van der Waals surface area contributed by atoms with E-state index in [1.165, 1.54) is 0 Å². The Morgan fingerprint density at radius 1 is 1.08 bits per heavy atom. The fourth-order valence-electron chi connectivity index (χ4n) is 3.05. The monoisotopic (exact) mass is 332 g/mol. The minimum Gasteiger partial charge on any atom is -0.432 e. The Morgan fingerprint density at radius 3 is 2.84 bits per heavy atom. The highest BCUT2D eigenvalue weighted by Gasteiger charge is 2.20. The van der Waals surface area contributed by atoms with Crippen LogP contribution in [0.1, 0.15) is 19.9 Å². The maximum absolute atomic E-state index is 5.51. The summed E-state index contributed by atoms with van der Waals surface area (Å²) in [4.78, 5) is 8.96. The maximum Gasteiger partial charge on any atom is 0.306 e. The summed E-state index contributed by atoms with van der Waals surface area (Å²) in [6.45, 7) is 4.20. The molecule has 0 amide bonds. The van der Waals surface area contributed by atoms with E-state index in [9.17, 15) is 0 Å². The second kappa shape index (κ2) is 5.07. The van der Waals surface area contributed by atoms with E-state index in [-0.39, 0.29) is 0 Å². The molecule has 0 unspecified atom stereocenters. The van der Waals surface area contributed by atoms with Gasteiger partial charge in [-0.05, 0) is 32.0 Å². The van der Waals surface area contributed by atoms with Gasteiger partial charge in [0.2, 0.25) is 0 Å². The van der Waals surface area contributed by atoms with Crippen LogP contribution < -0.4 is 0 Å². The highest BCUT2D eigenvalue weighted by molar-refractivity contribution is 5.79. The van der Waals surface area contributed by atoms with Crippen molar-refractivity contribution in [3.63, 3.8) is 0 Å². The van der Waals surface area contributed by atoms with Crippen LogP contribution in [0.5, 0.6) is 0 Å². The standard InChI is InChI=1S/C18H16N6O/c1-12(2)24-7-5-14(21-24)16-17(23-9-10-25-18(23)20-16)13-3-4-15-19-6-8-22(15)11-13/h3-12H,1-2H3. The zero-order valence-electron chi connectivity index (χ0n) is 13.9. The normalized spacial score (nSPS) is 12.0. The summed E-state index contributed by atoms with van der Waals surface area (Å²) in [5.74, 6) is 0.551. The lowest BCUT2D eigenvalue weighted by Crippen LogP contribution is -2.01. The van der Waals surface area contributed by atoms with Gasteiger partial charge in [-0.2, -0.15) is 10.1 Å². The lowest BCUT2D eigenvalue weighted by atomic mass is 10.1. The Labute approximate surface area is 143 Å². The summed E-state index contributed by atoms with van der Waals surface area (Å²) < 4.78 is 11.4. The van der Waals surface area contributed by atoms with E-state index in [1.807, 2.05) is 56.5 Å². The van der Waals surface area contributed by atoms with Crippen LogP contribution in [0.15, 0.2) is 59.9 Å². The van der Waals surface area contributed by atoms with Crippen molar-refractivity contribution < 1.29 is 4.42 Å². The number of fused-ring (bicyclic) bond motifs is 2. The van der Waals surface area contributed by atoms with Gasteiger partial charge in [-0.25, -0.2) is 4.98 Å². The summed E-state index contributed by atoms with van der Waals surface area (Å²) in [7, 11) is 0. The number of hydrogen-bond acceptors (Lipinski definition) is 4. The van der Waals surface area contributed by atoms with Crippen molar-refractivity contribution in [2.75, 3.05) is 0 Å². The van der Waals surface area contributed by atoms with Crippen LogP contribution in [0.2, 0.25) is 0 Å². The smallest absolute Gasteiger partial charge is 0.306 e. The van der Waals surface area contributed by atoms with Crippen LogP contribution in [0.25, 0.3) is 34.1 Å². The van der Waals surface area contributed by atoms with Gasteiger partial charge in [0.05, 0.1) is 5.69 Å². The molecular weight excluding hydrogens is 316 g/mol. The lowest BCUT2D eigenvalue weighted by Gasteiger charge is -2.05. The van der Waals surface area contributed by atoms with Crippen molar-refractivity contribution >= 4 is 11.5 Å². The van der Waals surface area contributed by atoms with E-state index in [2.05, 4.69) is 28.9 Å². The van der Waals surface area contributed by atoms with Gasteiger partial charge in [0.15, 0.2) is 0 Å². The molecule has 0 N–H and O–H groups in total. The van der Waals surface area contributed by atoms with Gasteiger partial charge < -0.3 is 8.82 Å². The van der Waals surface area contributed by atoms with Crippen LogP contribution in [0.3, 0.4) is 0 Å². The maximum atomic E-state index is 5.51. The quantitative estimate of drug-likeness (QED) is 0.505. The van der Waals surface area contributed by atoms with Gasteiger partial charge in [-0.15, -0.1) is 0 Å². The third-order valence-corrected chi connectivity index (χ3v) is 4.30. The van der Waals surface area contributed by atoms with E-state index in [0.717, 1.165) is 28.3 Å². The zero-order valence-corrected chi connectivity index (χ0v) is 13.9. The van der Waals surface area contributed by atoms with Gasteiger partial charge >= 0.3 is 5.84 Å². The van der Waals surface area contributed by atoms with Crippen molar-refractivity contribution in [3.8, 4) is 22.6 Å². The van der Waals surface area contributed by atoms with E-state index in [4.69, 9.17) is 4.42 Å². The molecule has 5 aromatic rings. The first-order valence-electron chi connectivity index (χ1n) is 8.15. The highest BCUT2D eigenvalue weighted by atomic mass is 16.3. The van der Waals surface area contributed by atoms with Crippen molar-refractivity contribution in [1.29, 1.82) is 0 Å². The molecule has 0 fully saturated rings. The largest absolute Gasteiger partial charge is 0.432 e. The average molecular weight is 332 g/mol. The summed E-state index contributed by atoms with van der Waals surface area (Å²) in [6, 6.07) is 6.32. The number of hydrogen-bond donors (Lipinski definition) is 0. The first-order valence-corrected chi connectivity index (χ1v) is 8.15. The molecule has 5 heterocycles. The number of oxazole rings is 1. The van der Waals surface area contributed by atoms with E-state index in [1.54, 1.807) is 12.5 Å². The zero-order chi connectivity index (χ0) is 17.0. The van der Waals surface area contributed by atoms with E-state index < -0.39 is 0 Å². The van der Waals surface area contributed by atoms with E-state index in [0.29, 0.717) is 11.9 Å². The molecule has 0 aliphatic carbocycles. The van der Waals surface area contributed by atoms with Crippen molar-refractivity contribution in [2.24, 2.45) is 0 Å². The van der Waals surface area contributed by atoms with Gasteiger partial charge in [-0.1, -0.05) is 0 Å². The number of pyridine rings is 1. The minimum atomic E-state index is 0.296. The molecule has 5 rings (SSSR count). The molecular formula is C18H16N6O. The fraction of sp³-hybridized carbons (Fsp3) is 0.167. The molecule has 0 aliphatic rings. The Hall–Kier alpha value is -3.35.